The van der Waals surface area contributed by atoms with Gasteiger partial charge < -0.3 is 24.4 Å². The molecule has 2 aromatic rings. The molecule has 0 spiro atoms. The minimum Gasteiger partial charge on any atom is -0.493 e. The van der Waals surface area contributed by atoms with Crippen molar-refractivity contribution in [2.24, 2.45) is 5.84 Å². The Labute approximate surface area is 180 Å². The number of fused-ring (bicyclic) bond motifs is 1. The van der Waals surface area contributed by atoms with E-state index in [1.807, 2.05) is 42.5 Å². The highest BCUT2D eigenvalue weighted by Gasteiger charge is 2.25. The number of benzene rings is 2. The van der Waals surface area contributed by atoms with Gasteiger partial charge >= 0.3 is 11.9 Å². The lowest BCUT2D eigenvalue weighted by atomic mass is 10.00. The molecule has 0 saturated heterocycles. The summed E-state index contributed by atoms with van der Waals surface area (Å²) in [6.07, 6.45) is 1.81. The van der Waals surface area contributed by atoms with Crippen LogP contribution in [0.4, 0.5) is 0 Å². The van der Waals surface area contributed by atoms with Crippen LogP contribution in [-0.4, -0.2) is 54.5 Å². The van der Waals surface area contributed by atoms with Crippen molar-refractivity contribution in [1.29, 1.82) is 0 Å². The lowest BCUT2D eigenvalue weighted by Gasteiger charge is -2.23. The van der Waals surface area contributed by atoms with Crippen LogP contribution in [0, 0.1) is 0 Å². The number of aliphatic carboxylic acids is 2. The largest absolute Gasteiger partial charge is 0.493 e. The van der Waals surface area contributed by atoms with Gasteiger partial charge in [0.15, 0.2) is 11.5 Å². The van der Waals surface area contributed by atoms with Crippen LogP contribution in [0.3, 0.4) is 0 Å². The summed E-state index contributed by atoms with van der Waals surface area (Å²) in [6.45, 7) is 1.40. The molecule has 0 radical (unpaired) electrons. The maximum atomic E-state index is 9.55. The van der Waals surface area contributed by atoms with Crippen LogP contribution in [0.2, 0.25) is 0 Å². The summed E-state index contributed by atoms with van der Waals surface area (Å²) in [7, 11) is 3.29. The first-order valence-electron chi connectivity index (χ1n) is 9.44. The summed E-state index contributed by atoms with van der Waals surface area (Å²) in [5.41, 5.74) is 2.27. The molecule has 1 unspecified atom stereocenters. The fourth-order valence-corrected chi connectivity index (χ4v) is 3.03. The molecule has 2 aromatic carbocycles. The number of para-hydroxylation sites is 1. The lowest BCUT2D eigenvalue weighted by Crippen LogP contribution is -2.36. The Balaban J connectivity index is 0.000000366. The van der Waals surface area contributed by atoms with Crippen LogP contribution in [0.15, 0.2) is 54.6 Å². The summed E-state index contributed by atoms with van der Waals surface area (Å²) in [5.74, 6) is 5.84. The Hall–Kier alpha value is -3.56. The molecule has 0 amide bonds. The normalized spacial score (nSPS) is 15.8. The molecule has 0 saturated carbocycles. The summed E-state index contributed by atoms with van der Waals surface area (Å²) in [5, 5.41) is 17.4. The molecule has 0 bridgehead atoms. The van der Waals surface area contributed by atoms with E-state index in [0.717, 1.165) is 30.0 Å². The number of hydrogen-bond donors (Lipinski definition) is 3. The number of nitrogens with two attached hydrogens (primary N) is 1. The number of carboxylic acids is 2. The van der Waals surface area contributed by atoms with Crippen molar-refractivity contribution in [3.8, 4) is 17.2 Å². The van der Waals surface area contributed by atoms with E-state index in [2.05, 4.69) is 0 Å². The number of ether oxygens (including phenoxy) is 3. The van der Waals surface area contributed by atoms with Crippen molar-refractivity contribution >= 4 is 11.9 Å². The van der Waals surface area contributed by atoms with Gasteiger partial charge in [0.2, 0.25) is 0 Å². The zero-order chi connectivity index (χ0) is 22.8. The first-order chi connectivity index (χ1) is 14.8. The van der Waals surface area contributed by atoms with E-state index in [9.17, 15) is 9.59 Å². The van der Waals surface area contributed by atoms with Crippen molar-refractivity contribution in [2.45, 2.75) is 12.5 Å². The number of hydrazine groups is 1. The molecule has 31 heavy (non-hydrogen) atoms. The molecule has 1 heterocycles. The van der Waals surface area contributed by atoms with Crippen molar-refractivity contribution in [3.63, 3.8) is 0 Å². The lowest BCUT2D eigenvalue weighted by molar-refractivity contribution is -0.134. The molecule has 3 rings (SSSR count). The van der Waals surface area contributed by atoms with E-state index >= 15 is 0 Å². The summed E-state index contributed by atoms with van der Waals surface area (Å²) >= 11 is 0. The van der Waals surface area contributed by atoms with Gasteiger partial charge in [0.05, 0.1) is 20.8 Å². The Morgan fingerprint density at radius 3 is 2.16 bits per heavy atom. The second kappa shape index (κ2) is 11.6. The molecule has 0 fully saturated rings. The topological polar surface area (TPSA) is 132 Å². The number of nitrogens with zero attached hydrogens (tertiary/aromatic N) is 1. The molecule has 1 atom stereocenters. The molecule has 4 N–H and O–H groups in total. The minimum atomic E-state index is -1.26. The van der Waals surface area contributed by atoms with Gasteiger partial charge in [-0.2, -0.15) is 0 Å². The Morgan fingerprint density at radius 1 is 1.03 bits per heavy atom. The third-order valence-electron chi connectivity index (χ3n) is 4.45. The third kappa shape index (κ3) is 7.32. The minimum absolute atomic E-state index is 0.153. The highest BCUT2D eigenvalue weighted by atomic mass is 16.5. The Kier molecular flexibility index (Phi) is 8.86. The first-order valence-corrected chi connectivity index (χ1v) is 9.44. The van der Waals surface area contributed by atoms with Gasteiger partial charge in [-0.15, -0.1) is 0 Å². The average molecular weight is 430 g/mol. The van der Waals surface area contributed by atoms with E-state index in [0.29, 0.717) is 24.4 Å². The van der Waals surface area contributed by atoms with Gasteiger partial charge in [0.1, 0.15) is 11.9 Å². The highest BCUT2D eigenvalue weighted by Crippen LogP contribution is 2.36. The molecule has 0 aliphatic carbocycles. The monoisotopic (exact) mass is 430 g/mol. The van der Waals surface area contributed by atoms with Crippen LogP contribution < -0.4 is 20.1 Å². The highest BCUT2D eigenvalue weighted by molar-refractivity contribution is 5.89. The van der Waals surface area contributed by atoms with Gasteiger partial charge in [0.25, 0.3) is 0 Å². The van der Waals surface area contributed by atoms with Gasteiger partial charge in [-0.1, -0.05) is 18.2 Å². The predicted octanol–water partition coefficient (Wildman–Crippen LogP) is 2.27. The summed E-state index contributed by atoms with van der Waals surface area (Å²) < 4.78 is 17.0. The van der Waals surface area contributed by atoms with E-state index in [4.69, 9.17) is 30.3 Å². The third-order valence-corrected chi connectivity index (χ3v) is 4.45. The maximum Gasteiger partial charge on any atom is 0.328 e. The Bertz CT molecular complexity index is 900. The van der Waals surface area contributed by atoms with Gasteiger partial charge in [-0.25, -0.2) is 14.6 Å². The van der Waals surface area contributed by atoms with Crippen molar-refractivity contribution in [3.05, 3.63) is 65.7 Å². The van der Waals surface area contributed by atoms with Gasteiger partial charge in [-0.05, 0) is 36.2 Å². The van der Waals surface area contributed by atoms with Crippen LogP contribution in [-0.2, 0) is 16.0 Å². The molecular weight excluding hydrogens is 404 g/mol. The van der Waals surface area contributed by atoms with Crippen molar-refractivity contribution in [1.82, 2.24) is 5.01 Å². The molecule has 9 nitrogen and oxygen atoms in total. The quantitative estimate of drug-likeness (QED) is 0.466. The molecule has 166 valence electrons. The standard InChI is InChI=1S/C18H22N2O3.C4H4O4/c1-21-16-10-13-8-9-20(19)12-18(15(13)11-17(16)22-2)23-14-6-4-3-5-7-14;5-3(6)1-2-4(7)8/h3-7,10-11,18H,8-9,12,19H2,1-2H3;1-2H,(H,5,6)(H,7,8)/b;2-1-. The summed E-state index contributed by atoms with van der Waals surface area (Å²) in [4.78, 5) is 19.1. The number of hydrogen-bond acceptors (Lipinski definition) is 7. The molecule has 9 heteroatoms. The molecule has 0 aromatic heterocycles. The molecular formula is C22H26N2O7. The van der Waals surface area contributed by atoms with Crippen molar-refractivity contribution in [2.75, 3.05) is 27.3 Å². The van der Waals surface area contributed by atoms with Crippen LogP contribution in [0.25, 0.3) is 0 Å². The molecule has 1 aliphatic rings. The van der Waals surface area contributed by atoms with Gasteiger partial charge in [-0.3, -0.25) is 5.84 Å². The van der Waals surface area contributed by atoms with Crippen LogP contribution >= 0.6 is 0 Å². The fraction of sp³-hybridized carbons (Fsp3) is 0.273. The maximum absolute atomic E-state index is 9.55. The number of carboxylic acid groups (broad SMARTS) is 2. The predicted molar refractivity (Wildman–Crippen MR) is 113 cm³/mol. The van der Waals surface area contributed by atoms with E-state index in [1.165, 1.54) is 5.56 Å². The van der Waals surface area contributed by atoms with E-state index < -0.39 is 11.9 Å². The second-order valence-electron chi connectivity index (χ2n) is 6.58. The zero-order valence-corrected chi connectivity index (χ0v) is 17.4. The smallest absolute Gasteiger partial charge is 0.328 e. The fourth-order valence-electron chi connectivity index (χ4n) is 3.03. The second-order valence-corrected chi connectivity index (χ2v) is 6.58. The SMILES string of the molecule is COc1cc2c(cc1OC)C(Oc1ccccc1)CN(N)CC2.O=C(O)/C=C\C(=O)O. The zero-order valence-electron chi connectivity index (χ0n) is 17.4. The number of rotatable bonds is 6. The molecule has 1 aliphatic heterocycles. The van der Waals surface area contributed by atoms with Crippen LogP contribution in [0.1, 0.15) is 17.2 Å². The Morgan fingerprint density at radius 2 is 1.61 bits per heavy atom. The van der Waals surface area contributed by atoms with Crippen LogP contribution in [0.5, 0.6) is 17.2 Å². The first kappa shape index (κ1) is 23.7. The van der Waals surface area contributed by atoms with E-state index in [1.54, 1.807) is 19.2 Å². The number of methoxy groups -OCH3 is 2. The average Bonchev–Trinajstić information content (AvgIpc) is 2.90. The van der Waals surface area contributed by atoms with Crippen molar-refractivity contribution < 1.29 is 34.0 Å². The number of carbonyl (C=O) groups is 2. The van der Waals surface area contributed by atoms with E-state index in [-0.39, 0.29) is 6.10 Å². The van der Waals surface area contributed by atoms with Gasteiger partial charge in [0, 0.05) is 24.3 Å². The summed E-state index contributed by atoms with van der Waals surface area (Å²) in [6, 6.07) is 13.8.